The summed E-state index contributed by atoms with van der Waals surface area (Å²) in [7, 11) is 0. The minimum atomic E-state index is 0.872. The highest BCUT2D eigenvalue weighted by Crippen LogP contribution is 2.46. The second kappa shape index (κ2) is 12.7. The fourth-order valence-corrected chi connectivity index (χ4v) is 10.0. The maximum absolute atomic E-state index is 7.26. The largest absolute Gasteiger partial charge is 0.453 e. The van der Waals surface area contributed by atoms with E-state index in [0.717, 1.165) is 49.8 Å². The molecule has 0 aliphatic heterocycles. The molecule has 57 heavy (non-hydrogen) atoms. The van der Waals surface area contributed by atoms with Crippen molar-refractivity contribution >= 4 is 75.3 Å². The maximum atomic E-state index is 7.26. The molecule has 3 heterocycles. The fourth-order valence-electron chi connectivity index (χ4n) is 8.95. The van der Waals surface area contributed by atoms with Gasteiger partial charge in [0.15, 0.2) is 5.58 Å². The van der Waals surface area contributed by atoms with E-state index in [-0.39, 0.29) is 0 Å². The number of rotatable bonds is 5. The lowest BCUT2D eigenvalue weighted by atomic mass is 9.94. The van der Waals surface area contributed by atoms with E-state index in [4.69, 9.17) is 4.42 Å². The summed E-state index contributed by atoms with van der Waals surface area (Å²) in [5, 5.41) is 7.23. The van der Waals surface area contributed by atoms with E-state index in [1.807, 2.05) is 11.3 Å². The normalized spacial score (nSPS) is 11.9. The van der Waals surface area contributed by atoms with E-state index in [1.54, 1.807) is 0 Å². The van der Waals surface area contributed by atoms with Crippen LogP contribution in [0.15, 0.2) is 205 Å². The van der Waals surface area contributed by atoms with Crippen LogP contribution in [0.3, 0.4) is 0 Å². The van der Waals surface area contributed by atoms with Gasteiger partial charge in [-0.15, -0.1) is 11.3 Å². The van der Waals surface area contributed by atoms with Crippen LogP contribution in [-0.2, 0) is 0 Å². The Morgan fingerprint density at radius 3 is 1.56 bits per heavy atom. The zero-order valence-electron chi connectivity index (χ0n) is 30.8. The molecule has 0 bridgehead atoms. The lowest BCUT2D eigenvalue weighted by Crippen LogP contribution is -1.94. The predicted octanol–water partition coefficient (Wildman–Crippen LogP) is 15.7. The molecule has 2 nitrogen and oxygen atoms in total. The molecule has 0 spiro atoms. The first-order valence-electron chi connectivity index (χ1n) is 19.4. The number of hydrogen-bond donors (Lipinski definition) is 0. The van der Waals surface area contributed by atoms with Gasteiger partial charge in [-0.3, -0.25) is 0 Å². The summed E-state index contributed by atoms with van der Waals surface area (Å²) in [6.45, 7) is 0. The smallest absolute Gasteiger partial charge is 0.159 e. The summed E-state index contributed by atoms with van der Waals surface area (Å²) in [6.07, 6.45) is 0. The van der Waals surface area contributed by atoms with Crippen LogP contribution < -0.4 is 0 Å². The third-order valence-corrected chi connectivity index (χ3v) is 12.8. The number of hydrogen-bond acceptors (Lipinski definition) is 2. The molecule has 0 radical (unpaired) electrons. The fraction of sp³-hybridized carbons (Fsp3) is 0. The monoisotopic (exact) mass is 743 g/mol. The molecule has 3 aromatic heterocycles. The van der Waals surface area contributed by atoms with Crippen LogP contribution in [0.1, 0.15) is 0 Å². The van der Waals surface area contributed by atoms with Crippen LogP contribution in [0, 0.1) is 0 Å². The Kier molecular flexibility index (Phi) is 7.13. The molecule has 0 fully saturated rings. The van der Waals surface area contributed by atoms with Gasteiger partial charge in [0.2, 0.25) is 0 Å². The van der Waals surface area contributed by atoms with Gasteiger partial charge in [0.05, 0.1) is 16.7 Å². The zero-order valence-corrected chi connectivity index (χ0v) is 31.6. The number of aromatic nitrogens is 1. The highest BCUT2D eigenvalue weighted by Gasteiger charge is 2.23. The van der Waals surface area contributed by atoms with E-state index >= 15 is 0 Å². The third kappa shape index (κ3) is 5.03. The minimum absolute atomic E-state index is 0.872. The molecule has 266 valence electrons. The SMILES string of the molecule is c1ccc(-c2ccc3c(c2)c2cc(-c4ccccc4)ccc2n3-c2cccc3c2oc2c(-c4ccccc4)ccc(-c4ccc5sc6ccccc6c5c4)c23)cc1. The second-order valence-corrected chi connectivity index (χ2v) is 15.9. The Bertz CT molecular complexity index is 3400. The Labute approximate surface area is 333 Å². The molecular weight excluding hydrogens is 711 g/mol. The van der Waals surface area contributed by atoms with Gasteiger partial charge in [-0.1, -0.05) is 146 Å². The molecule has 0 atom stereocenters. The lowest BCUT2D eigenvalue weighted by molar-refractivity contribution is 0.667. The van der Waals surface area contributed by atoms with Crippen molar-refractivity contribution in [2.45, 2.75) is 0 Å². The molecule has 12 rings (SSSR count). The van der Waals surface area contributed by atoms with Crippen molar-refractivity contribution in [3.63, 3.8) is 0 Å². The number of fused-ring (bicyclic) bond motifs is 9. The van der Waals surface area contributed by atoms with Gasteiger partial charge in [0, 0.05) is 47.3 Å². The molecule has 3 heteroatoms. The molecular formula is C54H33NOS. The topological polar surface area (TPSA) is 18.1 Å². The van der Waals surface area contributed by atoms with E-state index in [1.165, 1.54) is 64.3 Å². The van der Waals surface area contributed by atoms with E-state index in [9.17, 15) is 0 Å². The molecule has 12 aromatic rings. The number of nitrogens with zero attached hydrogens (tertiary/aromatic N) is 1. The van der Waals surface area contributed by atoms with Gasteiger partial charge >= 0.3 is 0 Å². The maximum Gasteiger partial charge on any atom is 0.159 e. The standard InChI is InChI=1S/C54H33NOS/c1-4-13-34(14-5-1)37-23-28-47-44(31-37)45-32-38(35-15-6-2-7-16-35)24-29-48(45)55(47)49-21-12-20-43-52-40(26-27-41(54(52)56-53(43)49)36-17-8-3-9-18-36)39-25-30-51-46(33-39)42-19-10-11-22-50(42)57-51/h1-33H. The first kappa shape index (κ1) is 32.1. The van der Waals surface area contributed by atoms with Gasteiger partial charge in [-0.2, -0.15) is 0 Å². The summed E-state index contributed by atoms with van der Waals surface area (Å²) in [4.78, 5) is 0. The van der Waals surface area contributed by atoms with Gasteiger partial charge < -0.3 is 8.98 Å². The van der Waals surface area contributed by atoms with Crippen LogP contribution in [-0.4, -0.2) is 4.57 Å². The zero-order chi connectivity index (χ0) is 37.5. The summed E-state index contributed by atoms with van der Waals surface area (Å²) in [5.41, 5.74) is 14.4. The molecule has 0 unspecified atom stereocenters. The average Bonchev–Trinajstić information content (AvgIpc) is 3.96. The molecule has 0 aliphatic carbocycles. The molecule has 0 N–H and O–H groups in total. The van der Waals surface area contributed by atoms with Crippen molar-refractivity contribution in [2.24, 2.45) is 0 Å². The van der Waals surface area contributed by atoms with Crippen LogP contribution >= 0.6 is 11.3 Å². The average molecular weight is 744 g/mol. The molecule has 0 saturated carbocycles. The number of furan rings is 1. The predicted molar refractivity (Wildman–Crippen MR) is 243 cm³/mol. The van der Waals surface area contributed by atoms with Crippen LogP contribution in [0.25, 0.3) is 114 Å². The van der Waals surface area contributed by atoms with Crippen molar-refractivity contribution in [3.05, 3.63) is 200 Å². The van der Waals surface area contributed by atoms with Gasteiger partial charge in [0.1, 0.15) is 5.58 Å². The molecule has 9 aromatic carbocycles. The molecule has 0 saturated heterocycles. The van der Waals surface area contributed by atoms with Crippen molar-refractivity contribution in [1.82, 2.24) is 4.57 Å². The van der Waals surface area contributed by atoms with E-state index < -0.39 is 0 Å². The highest BCUT2D eigenvalue weighted by molar-refractivity contribution is 7.25. The quantitative estimate of drug-likeness (QED) is 0.172. The number of thiophene rings is 1. The van der Waals surface area contributed by atoms with Gasteiger partial charge in [-0.05, 0) is 93.5 Å². The van der Waals surface area contributed by atoms with Crippen LogP contribution in [0.4, 0.5) is 0 Å². The van der Waals surface area contributed by atoms with Gasteiger partial charge in [0.25, 0.3) is 0 Å². The second-order valence-electron chi connectivity index (χ2n) is 14.8. The van der Waals surface area contributed by atoms with Crippen LogP contribution in [0.5, 0.6) is 0 Å². The van der Waals surface area contributed by atoms with Crippen molar-refractivity contribution < 1.29 is 4.42 Å². The third-order valence-electron chi connectivity index (χ3n) is 11.6. The van der Waals surface area contributed by atoms with E-state index in [0.29, 0.717) is 0 Å². The Hall–Kier alpha value is -7.20. The van der Waals surface area contributed by atoms with Crippen LogP contribution in [0.2, 0.25) is 0 Å². The van der Waals surface area contributed by atoms with E-state index in [2.05, 4.69) is 205 Å². The Morgan fingerprint density at radius 2 is 0.877 bits per heavy atom. The molecule has 0 aliphatic rings. The lowest BCUT2D eigenvalue weighted by Gasteiger charge is -2.10. The first-order chi connectivity index (χ1) is 28.3. The summed E-state index contributed by atoms with van der Waals surface area (Å²) in [5.74, 6) is 0. The summed E-state index contributed by atoms with van der Waals surface area (Å²) >= 11 is 1.85. The summed E-state index contributed by atoms with van der Waals surface area (Å²) < 4.78 is 12.3. The molecule has 0 amide bonds. The highest BCUT2D eigenvalue weighted by atomic mass is 32.1. The number of benzene rings is 9. The van der Waals surface area contributed by atoms with Gasteiger partial charge in [-0.25, -0.2) is 0 Å². The van der Waals surface area contributed by atoms with Crippen molar-refractivity contribution in [2.75, 3.05) is 0 Å². The summed E-state index contributed by atoms with van der Waals surface area (Å²) in [6, 6.07) is 72.5. The Morgan fingerprint density at radius 1 is 0.333 bits per heavy atom. The van der Waals surface area contributed by atoms with Crippen molar-refractivity contribution in [3.8, 4) is 50.2 Å². The first-order valence-corrected chi connectivity index (χ1v) is 20.2. The minimum Gasteiger partial charge on any atom is -0.453 e. The van der Waals surface area contributed by atoms with Crippen molar-refractivity contribution in [1.29, 1.82) is 0 Å². The number of para-hydroxylation sites is 1. The Balaban J connectivity index is 1.15.